The van der Waals surface area contributed by atoms with Crippen molar-refractivity contribution in [3.05, 3.63) is 48.0 Å². The average molecular weight is 326 g/mol. The van der Waals surface area contributed by atoms with E-state index in [1.807, 2.05) is 30.3 Å². The Morgan fingerprint density at radius 3 is 1.95 bits per heavy atom. The third-order valence-corrected chi connectivity index (χ3v) is 2.48. The molecule has 0 unspecified atom stereocenters. The van der Waals surface area contributed by atoms with E-state index in [9.17, 15) is 4.79 Å². The van der Waals surface area contributed by atoms with Gasteiger partial charge in [-0.3, -0.25) is 9.11 Å². The van der Waals surface area contributed by atoms with Gasteiger partial charge in [-0.25, -0.2) is 4.79 Å². The highest BCUT2D eigenvalue weighted by atomic mass is 32.3. The van der Waals surface area contributed by atoms with E-state index < -0.39 is 16.4 Å². The fourth-order valence-electron chi connectivity index (χ4n) is 1.78. The number of hydrogen-bond donors (Lipinski definition) is 5. The van der Waals surface area contributed by atoms with Crippen molar-refractivity contribution in [2.24, 2.45) is 0 Å². The molecule has 0 atom stereocenters. The molecule has 0 aromatic heterocycles. The first-order valence-corrected chi connectivity index (χ1v) is 7.17. The predicted octanol–water partition coefficient (Wildman–Crippen LogP) is 1.56. The number of hydrogen-bond acceptors (Lipinski definition) is 5. The third-order valence-electron chi connectivity index (χ3n) is 2.48. The van der Waals surface area contributed by atoms with E-state index in [0.717, 1.165) is 5.56 Å². The molecule has 0 aliphatic carbocycles. The Bertz CT molecular complexity index is 767. The number of carboxylic acids is 1. The molecule has 0 heterocycles. The highest BCUT2D eigenvalue weighted by molar-refractivity contribution is 7.79. The maximum atomic E-state index is 11.2. The Morgan fingerprint density at radius 2 is 1.50 bits per heavy atom. The van der Waals surface area contributed by atoms with Gasteiger partial charge in [-0.05, 0) is 17.7 Å². The van der Waals surface area contributed by atoms with E-state index in [2.05, 4.69) is 0 Å². The molecular weight excluding hydrogens is 312 g/mol. The summed E-state index contributed by atoms with van der Waals surface area (Å²) in [5.41, 5.74) is 13.6. The topological polar surface area (TPSA) is 164 Å². The monoisotopic (exact) mass is 326 g/mol. The minimum atomic E-state index is -4.67. The summed E-state index contributed by atoms with van der Waals surface area (Å²) in [5, 5.41) is 9.16. The summed E-state index contributed by atoms with van der Waals surface area (Å²) in [6.45, 7) is 0. The number of carboxylic acid groups (broad SMARTS) is 1. The molecule has 0 bridgehead atoms. The number of anilines is 2. The van der Waals surface area contributed by atoms with Gasteiger partial charge in [0.1, 0.15) is 0 Å². The van der Waals surface area contributed by atoms with Crippen LogP contribution in [0, 0.1) is 0 Å². The van der Waals surface area contributed by atoms with Crippen LogP contribution in [0.1, 0.15) is 10.4 Å². The second kappa shape index (κ2) is 6.89. The van der Waals surface area contributed by atoms with Crippen molar-refractivity contribution >= 4 is 27.7 Å². The lowest BCUT2D eigenvalue weighted by Gasteiger charge is -2.11. The molecule has 8 nitrogen and oxygen atoms in total. The van der Waals surface area contributed by atoms with Crippen molar-refractivity contribution in [1.82, 2.24) is 0 Å². The Morgan fingerprint density at radius 1 is 1.00 bits per heavy atom. The minimum Gasteiger partial charge on any atom is -0.478 e. The molecule has 0 aliphatic heterocycles. The molecule has 2 rings (SSSR count). The van der Waals surface area contributed by atoms with Gasteiger partial charge in [0.05, 0.1) is 5.56 Å². The molecule has 118 valence electrons. The molecule has 22 heavy (non-hydrogen) atoms. The molecule has 0 fully saturated rings. The number of aromatic carboxylic acids is 1. The maximum Gasteiger partial charge on any atom is 0.394 e. The zero-order chi connectivity index (χ0) is 16.9. The van der Waals surface area contributed by atoms with Crippen LogP contribution in [0.25, 0.3) is 11.1 Å². The fraction of sp³-hybridized carbons (Fsp3) is 0. The summed E-state index contributed by atoms with van der Waals surface area (Å²) in [5.74, 6) is -1.04. The van der Waals surface area contributed by atoms with Crippen molar-refractivity contribution in [2.45, 2.75) is 0 Å². The van der Waals surface area contributed by atoms with Crippen LogP contribution in [0.3, 0.4) is 0 Å². The molecule has 0 radical (unpaired) electrons. The molecular formula is C13H14N2O6S. The molecule has 2 aromatic rings. The Hall–Kier alpha value is -2.62. The average Bonchev–Trinajstić information content (AvgIpc) is 2.36. The number of rotatable bonds is 2. The maximum absolute atomic E-state index is 11.2. The van der Waals surface area contributed by atoms with Crippen molar-refractivity contribution in [3.63, 3.8) is 0 Å². The Balaban J connectivity index is 0.000000422. The molecule has 0 aliphatic rings. The molecule has 0 spiro atoms. The smallest absolute Gasteiger partial charge is 0.394 e. The van der Waals surface area contributed by atoms with Crippen LogP contribution in [-0.4, -0.2) is 28.6 Å². The van der Waals surface area contributed by atoms with Gasteiger partial charge in [0.15, 0.2) is 0 Å². The van der Waals surface area contributed by atoms with Crippen molar-refractivity contribution in [1.29, 1.82) is 0 Å². The van der Waals surface area contributed by atoms with E-state index in [0.29, 0.717) is 16.9 Å². The van der Waals surface area contributed by atoms with Crippen LogP contribution in [0.4, 0.5) is 11.4 Å². The quantitative estimate of drug-likeness (QED) is 0.410. The molecule has 0 saturated heterocycles. The van der Waals surface area contributed by atoms with Gasteiger partial charge in [-0.1, -0.05) is 30.3 Å². The van der Waals surface area contributed by atoms with Gasteiger partial charge in [0.25, 0.3) is 0 Å². The van der Waals surface area contributed by atoms with Crippen molar-refractivity contribution in [2.75, 3.05) is 11.5 Å². The molecule has 0 amide bonds. The number of nitrogens with two attached hydrogens (primary N) is 2. The SMILES string of the molecule is Nc1cc(N)c(-c2ccccc2)c(C(=O)O)c1.O=S(=O)(O)O. The van der Waals surface area contributed by atoms with E-state index >= 15 is 0 Å². The lowest BCUT2D eigenvalue weighted by atomic mass is 9.97. The normalized spacial score (nSPS) is 10.5. The highest BCUT2D eigenvalue weighted by Gasteiger charge is 2.15. The largest absolute Gasteiger partial charge is 0.478 e. The number of nitrogen functional groups attached to an aromatic ring is 2. The second-order valence-corrected chi connectivity index (χ2v) is 5.05. The van der Waals surface area contributed by atoms with Gasteiger partial charge >= 0.3 is 16.4 Å². The first kappa shape index (κ1) is 17.4. The van der Waals surface area contributed by atoms with Crippen LogP contribution in [-0.2, 0) is 10.4 Å². The highest BCUT2D eigenvalue weighted by Crippen LogP contribution is 2.31. The molecule has 0 saturated carbocycles. The summed E-state index contributed by atoms with van der Waals surface area (Å²) < 4.78 is 31.6. The van der Waals surface area contributed by atoms with Gasteiger partial charge < -0.3 is 16.6 Å². The van der Waals surface area contributed by atoms with Gasteiger partial charge in [0, 0.05) is 16.9 Å². The summed E-state index contributed by atoms with van der Waals surface area (Å²) in [6, 6.07) is 12.1. The zero-order valence-electron chi connectivity index (χ0n) is 11.2. The van der Waals surface area contributed by atoms with Gasteiger partial charge in [0.2, 0.25) is 0 Å². The molecule has 9 heteroatoms. The van der Waals surface area contributed by atoms with Gasteiger partial charge in [-0.2, -0.15) is 8.42 Å². The van der Waals surface area contributed by atoms with Crippen LogP contribution >= 0.6 is 0 Å². The lowest BCUT2D eigenvalue weighted by Crippen LogP contribution is -2.04. The molecule has 7 N–H and O–H groups in total. The minimum absolute atomic E-state index is 0.119. The predicted molar refractivity (Wildman–Crippen MR) is 81.8 cm³/mol. The molecule has 2 aromatic carbocycles. The summed E-state index contributed by atoms with van der Waals surface area (Å²) in [7, 11) is -4.67. The standard InChI is InChI=1S/C13H12N2O2.H2O4S/c14-9-6-10(13(16)17)12(11(15)7-9)8-4-2-1-3-5-8;1-5(2,3)4/h1-7H,14-15H2,(H,16,17);(H2,1,2,3,4). The first-order chi connectivity index (χ1) is 10.1. The Labute approximate surface area is 126 Å². The van der Waals surface area contributed by atoms with Crippen molar-refractivity contribution < 1.29 is 27.4 Å². The van der Waals surface area contributed by atoms with Crippen LogP contribution in [0.2, 0.25) is 0 Å². The summed E-state index contributed by atoms with van der Waals surface area (Å²) >= 11 is 0. The fourth-order valence-corrected chi connectivity index (χ4v) is 1.78. The van der Waals surface area contributed by atoms with E-state index in [4.69, 9.17) is 34.1 Å². The van der Waals surface area contributed by atoms with Gasteiger partial charge in [-0.15, -0.1) is 0 Å². The number of carbonyl (C=O) groups is 1. The van der Waals surface area contributed by atoms with Crippen LogP contribution in [0.15, 0.2) is 42.5 Å². The van der Waals surface area contributed by atoms with E-state index in [-0.39, 0.29) is 5.56 Å². The summed E-state index contributed by atoms with van der Waals surface area (Å²) in [6.07, 6.45) is 0. The summed E-state index contributed by atoms with van der Waals surface area (Å²) in [4.78, 5) is 11.2. The second-order valence-electron chi connectivity index (χ2n) is 4.15. The van der Waals surface area contributed by atoms with E-state index in [1.54, 1.807) is 6.07 Å². The Kier molecular flexibility index (Phi) is 5.46. The zero-order valence-corrected chi connectivity index (χ0v) is 12.0. The number of benzene rings is 2. The van der Waals surface area contributed by atoms with E-state index in [1.165, 1.54) is 6.07 Å². The van der Waals surface area contributed by atoms with Crippen LogP contribution in [0.5, 0.6) is 0 Å². The van der Waals surface area contributed by atoms with Crippen molar-refractivity contribution in [3.8, 4) is 11.1 Å². The third kappa shape index (κ3) is 5.40. The first-order valence-electron chi connectivity index (χ1n) is 5.77. The van der Waals surface area contributed by atoms with Crippen LogP contribution < -0.4 is 11.5 Å². The lowest BCUT2D eigenvalue weighted by molar-refractivity contribution is 0.0697.